The van der Waals surface area contributed by atoms with Gasteiger partial charge in [-0.2, -0.15) is 5.10 Å². The quantitative estimate of drug-likeness (QED) is 0.520. The van der Waals surface area contributed by atoms with Crippen LogP contribution in [0.25, 0.3) is 11.1 Å². The summed E-state index contributed by atoms with van der Waals surface area (Å²) < 4.78 is 17.7. The highest BCUT2D eigenvalue weighted by Crippen LogP contribution is 2.41. The molecule has 2 amide bonds. The van der Waals surface area contributed by atoms with Gasteiger partial charge in [0.15, 0.2) is 11.5 Å². The molecule has 2 aromatic carbocycles. The molecule has 1 aliphatic rings. The lowest BCUT2D eigenvalue weighted by Gasteiger charge is -2.11. The van der Waals surface area contributed by atoms with Crippen molar-refractivity contribution in [3.63, 3.8) is 0 Å². The van der Waals surface area contributed by atoms with Gasteiger partial charge in [0.05, 0.1) is 38.5 Å². The first-order chi connectivity index (χ1) is 16.0. The number of rotatable bonds is 9. The molecule has 0 spiro atoms. The average molecular weight is 450 g/mol. The van der Waals surface area contributed by atoms with E-state index in [4.69, 9.17) is 14.2 Å². The standard InChI is InChI=1S/C24H26N4O5/c1-31-14-17-22(16-9-10-19(32-2)20(11-16)33-3)23-26-24(30)18(28(23)27-17)12-21(29)25-13-15-7-5-4-6-8-15/h4-11,18H,12-14H2,1-3H3,(H,25,29)(H,26,30). The summed E-state index contributed by atoms with van der Waals surface area (Å²) >= 11 is 0. The van der Waals surface area contributed by atoms with Crippen LogP contribution in [-0.2, 0) is 27.5 Å². The molecule has 0 radical (unpaired) electrons. The molecule has 1 aromatic heterocycles. The number of hydrogen-bond acceptors (Lipinski definition) is 6. The van der Waals surface area contributed by atoms with E-state index in [1.165, 1.54) is 0 Å². The van der Waals surface area contributed by atoms with Crippen LogP contribution in [0.4, 0.5) is 5.82 Å². The number of aromatic nitrogens is 2. The summed E-state index contributed by atoms with van der Waals surface area (Å²) in [5.74, 6) is 1.16. The maximum Gasteiger partial charge on any atom is 0.251 e. The number of anilines is 1. The summed E-state index contributed by atoms with van der Waals surface area (Å²) in [7, 11) is 4.71. The van der Waals surface area contributed by atoms with Crippen molar-refractivity contribution in [1.29, 1.82) is 0 Å². The molecule has 0 fully saturated rings. The number of carbonyl (C=O) groups excluding carboxylic acids is 2. The largest absolute Gasteiger partial charge is 0.493 e. The van der Waals surface area contributed by atoms with Crippen LogP contribution in [0.5, 0.6) is 11.5 Å². The topological polar surface area (TPSA) is 104 Å². The van der Waals surface area contributed by atoms with Gasteiger partial charge in [0, 0.05) is 13.7 Å². The number of fused-ring (bicyclic) bond motifs is 1. The smallest absolute Gasteiger partial charge is 0.251 e. The molecule has 9 nitrogen and oxygen atoms in total. The Morgan fingerprint density at radius 1 is 1.09 bits per heavy atom. The molecular formula is C24H26N4O5. The van der Waals surface area contributed by atoms with Gasteiger partial charge in [-0.25, -0.2) is 4.68 Å². The monoisotopic (exact) mass is 450 g/mol. The maximum atomic E-state index is 12.8. The first-order valence-corrected chi connectivity index (χ1v) is 10.5. The Labute approximate surface area is 191 Å². The normalized spacial score (nSPS) is 14.5. The SMILES string of the molecule is COCc1nn2c(c1-c1ccc(OC)c(OC)c1)NC(=O)C2CC(=O)NCc1ccccc1. The van der Waals surface area contributed by atoms with Gasteiger partial charge in [-0.1, -0.05) is 36.4 Å². The number of methoxy groups -OCH3 is 3. The number of benzene rings is 2. The van der Waals surface area contributed by atoms with Crippen LogP contribution in [0.15, 0.2) is 48.5 Å². The summed E-state index contributed by atoms with van der Waals surface area (Å²) in [5.41, 5.74) is 3.14. The fraction of sp³-hybridized carbons (Fsp3) is 0.292. The number of hydrogen-bond donors (Lipinski definition) is 2. The van der Waals surface area contributed by atoms with Crippen LogP contribution in [-0.4, -0.2) is 42.9 Å². The minimum absolute atomic E-state index is 0.0227. The van der Waals surface area contributed by atoms with Gasteiger partial charge in [-0.15, -0.1) is 0 Å². The number of nitrogens with one attached hydrogen (secondary N) is 2. The van der Waals surface area contributed by atoms with Crippen molar-refractivity contribution in [1.82, 2.24) is 15.1 Å². The van der Waals surface area contributed by atoms with Crippen LogP contribution < -0.4 is 20.1 Å². The predicted octanol–water partition coefficient (Wildman–Crippen LogP) is 2.91. The third-order valence-corrected chi connectivity index (χ3v) is 5.49. The molecule has 0 saturated carbocycles. The molecule has 3 aromatic rings. The van der Waals surface area contributed by atoms with Crippen molar-refractivity contribution in [2.75, 3.05) is 26.6 Å². The highest BCUT2D eigenvalue weighted by Gasteiger charge is 2.37. The van der Waals surface area contributed by atoms with Crippen LogP contribution in [0.1, 0.15) is 23.7 Å². The molecule has 0 aliphatic carbocycles. The third kappa shape index (κ3) is 4.54. The molecule has 0 saturated heterocycles. The fourth-order valence-corrected chi connectivity index (χ4v) is 3.89. The zero-order valence-electron chi connectivity index (χ0n) is 18.8. The van der Waals surface area contributed by atoms with Gasteiger partial charge >= 0.3 is 0 Å². The van der Waals surface area contributed by atoms with Gasteiger partial charge in [0.1, 0.15) is 11.9 Å². The molecular weight excluding hydrogens is 424 g/mol. The predicted molar refractivity (Wildman–Crippen MR) is 122 cm³/mol. The molecule has 2 N–H and O–H groups in total. The van der Waals surface area contributed by atoms with Crippen molar-refractivity contribution in [3.05, 3.63) is 59.8 Å². The molecule has 1 aliphatic heterocycles. The van der Waals surface area contributed by atoms with Crippen molar-refractivity contribution >= 4 is 17.6 Å². The van der Waals surface area contributed by atoms with Gasteiger partial charge in [0.2, 0.25) is 5.91 Å². The van der Waals surface area contributed by atoms with E-state index in [-0.39, 0.29) is 24.8 Å². The number of amides is 2. The lowest BCUT2D eigenvalue weighted by molar-refractivity contribution is -0.126. The number of ether oxygens (including phenoxy) is 3. The lowest BCUT2D eigenvalue weighted by Crippen LogP contribution is -2.28. The Kier molecular flexibility index (Phi) is 6.60. The average Bonchev–Trinajstić information content (AvgIpc) is 3.32. The van der Waals surface area contributed by atoms with Crippen LogP contribution >= 0.6 is 0 Å². The van der Waals surface area contributed by atoms with E-state index in [2.05, 4.69) is 15.7 Å². The van der Waals surface area contributed by atoms with E-state index in [0.29, 0.717) is 29.6 Å². The Bertz CT molecular complexity index is 1160. The van der Waals surface area contributed by atoms with E-state index in [0.717, 1.165) is 16.7 Å². The van der Waals surface area contributed by atoms with Crippen molar-refractivity contribution in [2.24, 2.45) is 0 Å². The van der Waals surface area contributed by atoms with Gasteiger partial charge in [-0.3, -0.25) is 9.59 Å². The van der Waals surface area contributed by atoms with E-state index < -0.39 is 6.04 Å². The molecule has 0 bridgehead atoms. The molecule has 33 heavy (non-hydrogen) atoms. The van der Waals surface area contributed by atoms with Gasteiger partial charge in [0.25, 0.3) is 5.91 Å². The summed E-state index contributed by atoms with van der Waals surface area (Å²) in [6.45, 7) is 0.637. The summed E-state index contributed by atoms with van der Waals surface area (Å²) in [6, 6.07) is 14.3. The van der Waals surface area contributed by atoms with Gasteiger partial charge < -0.3 is 24.8 Å². The Balaban J connectivity index is 1.61. The van der Waals surface area contributed by atoms with E-state index in [1.807, 2.05) is 42.5 Å². The number of carbonyl (C=O) groups is 2. The summed E-state index contributed by atoms with van der Waals surface area (Å²) in [4.78, 5) is 25.3. The molecule has 4 rings (SSSR count). The first kappa shape index (κ1) is 22.3. The second kappa shape index (κ2) is 9.74. The Morgan fingerprint density at radius 2 is 1.85 bits per heavy atom. The van der Waals surface area contributed by atoms with Crippen LogP contribution in [0.3, 0.4) is 0 Å². The molecule has 1 unspecified atom stereocenters. The highest BCUT2D eigenvalue weighted by atomic mass is 16.5. The lowest BCUT2D eigenvalue weighted by atomic mass is 10.0. The van der Waals surface area contributed by atoms with Crippen molar-refractivity contribution in [2.45, 2.75) is 25.6 Å². The minimum Gasteiger partial charge on any atom is -0.493 e. The highest BCUT2D eigenvalue weighted by molar-refractivity contribution is 6.03. The fourth-order valence-electron chi connectivity index (χ4n) is 3.89. The zero-order valence-corrected chi connectivity index (χ0v) is 18.8. The third-order valence-electron chi connectivity index (χ3n) is 5.49. The minimum atomic E-state index is -0.750. The maximum absolute atomic E-state index is 12.8. The van der Waals surface area contributed by atoms with Crippen molar-refractivity contribution < 1.29 is 23.8 Å². The second-order valence-electron chi connectivity index (χ2n) is 7.59. The zero-order chi connectivity index (χ0) is 23.4. The van der Waals surface area contributed by atoms with Crippen LogP contribution in [0.2, 0.25) is 0 Å². The molecule has 9 heteroatoms. The van der Waals surface area contributed by atoms with Crippen LogP contribution in [0, 0.1) is 0 Å². The Hall–Kier alpha value is -3.85. The summed E-state index contributed by atoms with van der Waals surface area (Å²) in [6.07, 6.45) is -0.0227. The molecule has 2 heterocycles. The molecule has 1 atom stereocenters. The first-order valence-electron chi connectivity index (χ1n) is 10.5. The van der Waals surface area contributed by atoms with Gasteiger partial charge in [-0.05, 0) is 23.3 Å². The molecule has 172 valence electrons. The second-order valence-corrected chi connectivity index (χ2v) is 7.59. The van der Waals surface area contributed by atoms with Crippen molar-refractivity contribution in [3.8, 4) is 22.6 Å². The number of nitrogens with zero attached hydrogens (tertiary/aromatic N) is 2. The van der Waals surface area contributed by atoms with E-state index >= 15 is 0 Å². The summed E-state index contributed by atoms with van der Waals surface area (Å²) in [5, 5.41) is 10.4. The van der Waals surface area contributed by atoms with E-state index in [1.54, 1.807) is 32.1 Å². The Morgan fingerprint density at radius 3 is 2.55 bits per heavy atom. The van der Waals surface area contributed by atoms with E-state index in [9.17, 15) is 9.59 Å².